The third-order valence-electron chi connectivity index (χ3n) is 3.06. The van der Waals surface area contributed by atoms with Crippen molar-refractivity contribution in [2.75, 3.05) is 20.1 Å². The highest BCUT2D eigenvalue weighted by molar-refractivity contribution is 5.73. The first-order chi connectivity index (χ1) is 8.90. The van der Waals surface area contributed by atoms with Crippen molar-refractivity contribution in [1.29, 1.82) is 0 Å². The maximum absolute atomic E-state index is 11.8. The van der Waals surface area contributed by atoms with Gasteiger partial charge in [-0.1, -0.05) is 36.8 Å². The number of rotatable bonds is 5. The zero-order valence-electron chi connectivity index (χ0n) is 12.2. The summed E-state index contributed by atoms with van der Waals surface area (Å²) in [4.78, 5) is 13.3. The van der Waals surface area contributed by atoms with Gasteiger partial charge in [0.2, 0.25) is 0 Å². The van der Waals surface area contributed by atoms with Crippen molar-refractivity contribution < 1.29 is 9.90 Å². The molecule has 1 rings (SSSR count). The molecule has 4 heteroatoms. The van der Waals surface area contributed by atoms with Gasteiger partial charge in [-0.25, -0.2) is 4.79 Å². The smallest absolute Gasteiger partial charge is 0.317 e. The largest absolute Gasteiger partial charge is 0.392 e. The number of aliphatic hydroxyl groups is 1. The molecule has 2 atom stereocenters. The molecule has 106 valence electrons. The normalized spacial score (nSPS) is 13.7. The van der Waals surface area contributed by atoms with Crippen molar-refractivity contribution >= 4 is 6.03 Å². The van der Waals surface area contributed by atoms with Gasteiger partial charge in [0.05, 0.1) is 6.10 Å². The van der Waals surface area contributed by atoms with Crippen LogP contribution in [0.1, 0.15) is 30.9 Å². The summed E-state index contributed by atoms with van der Waals surface area (Å²) < 4.78 is 0. The second-order valence-electron chi connectivity index (χ2n) is 5.23. The number of hydrogen-bond acceptors (Lipinski definition) is 2. The van der Waals surface area contributed by atoms with Crippen molar-refractivity contribution in [2.45, 2.75) is 32.8 Å². The molecule has 0 saturated carbocycles. The lowest BCUT2D eigenvalue weighted by atomic mass is 9.99. The molecular weight excluding hydrogens is 240 g/mol. The maximum Gasteiger partial charge on any atom is 0.317 e. The summed E-state index contributed by atoms with van der Waals surface area (Å²) in [7, 11) is 1.68. The molecule has 2 unspecified atom stereocenters. The minimum atomic E-state index is -0.509. The Morgan fingerprint density at radius 1 is 1.42 bits per heavy atom. The Labute approximate surface area is 115 Å². The summed E-state index contributed by atoms with van der Waals surface area (Å²) in [6.07, 6.45) is -0.509. The minimum Gasteiger partial charge on any atom is -0.392 e. The molecule has 1 aromatic carbocycles. The van der Waals surface area contributed by atoms with Crippen LogP contribution in [0, 0.1) is 6.92 Å². The van der Waals surface area contributed by atoms with Gasteiger partial charge in [0.1, 0.15) is 0 Å². The average Bonchev–Trinajstić information content (AvgIpc) is 2.34. The molecule has 0 bridgehead atoms. The van der Waals surface area contributed by atoms with Crippen LogP contribution in [0.2, 0.25) is 0 Å². The van der Waals surface area contributed by atoms with Crippen LogP contribution in [0.15, 0.2) is 24.3 Å². The molecule has 2 amide bonds. The van der Waals surface area contributed by atoms with E-state index in [1.54, 1.807) is 14.0 Å². The van der Waals surface area contributed by atoms with E-state index in [1.165, 1.54) is 16.0 Å². The molecular formula is C15H24N2O2. The van der Waals surface area contributed by atoms with Crippen molar-refractivity contribution in [3.05, 3.63) is 35.4 Å². The Morgan fingerprint density at radius 3 is 2.68 bits per heavy atom. The average molecular weight is 264 g/mol. The Morgan fingerprint density at radius 2 is 2.11 bits per heavy atom. The Hall–Kier alpha value is -1.55. The fourth-order valence-corrected chi connectivity index (χ4v) is 1.95. The van der Waals surface area contributed by atoms with Crippen molar-refractivity contribution in [3.8, 4) is 0 Å². The van der Waals surface area contributed by atoms with E-state index in [0.29, 0.717) is 13.1 Å². The van der Waals surface area contributed by atoms with Crippen molar-refractivity contribution in [3.63, 3.8) is 0 Å². The Bertz CT molecular complexity index is 418. The fourth-order valence-electron chi connectivity index (χ4n) is 1.95. The van der Waals surface area contributed by atoms with Crippen molar-refractivity contribution in [1.82, 2.24) is 10.2 Å². The third-order valence-corrected chi connectivity index (χ3v) is 3.06. The molecule has 0 aromatic heterocycles. The summed E-state index contributed by atoms with van der Waals surface area (Å²) >= 11 is 0. The Kier molecular flexibility index (Phi) is 5.83. The van der Waals surface area contributed by atoms with E-state index in [1.807, 2.05) is 6.07 Å². The molecule has 0 aliphatic rings. The summed E-state index contributed by atoms with van der Waals surface area (Å²) in [5.41, 5.74) is 2.44. The van der Waals surface area contributed by atoms with E-state index in [4.69, 9.17) is 0 Å². The van der Waals surface area contributed by atoms with Crippen LogP contribution in [0.25, 0.3) is 0 Å². The Balaban J connectivity index is 2.46. The second-order valence-corrected chi connectivity index (χ2v) is 5.23. The van der Waals surface area contributed by atoms with Gasteiger partial charge in [-0.15, -0.1) is 0 Å². The molecule has 0 aliphatic heterocycles. The number of aryl methyl sites for hydroxylation is 1. The van der Waals surface area contributed by atoms with Gasteiger partial charge in [0, 0.05) is 20.1 Å². The van der Waals surface area contributed by atoms with E-state index in [-0.39, 0.29) is 11.9 Å². The zero-order chi connectivity index (χ0) is 14.4. The van der Waals surface area contributed by atoms with Gasteiger partial charge in [0.25, 0.3) is 0 Å². The topological polar surface area (TPSA) is 52.6 Å². The van der Waals surface area contributed by atoms with Crippen LogP contribution in [-0.4, -0.2) is 42.3 Å². The predicted octanol–water partition coefficient (Wildman–Crippen LogP) is 2.12. The van der Waals surface area contributed by atoms with Gasteiger partial charge in [-0.05, 0) is 25.3 Å². The number of carbonyl (C=O) groups is 1. The van der Waals surface area contributed by atoms with Gasteiger partial charge >= 0.3 is 6.03 Å². The van der Waals surface area contributed by atoms with Gasteiger partial charge in [-0.3, -0.25) is 0 Å². The molecule has 2 N–H and O–H groups in total. The fraction of sp³-hybridized carbons (Fsp3) is 0.533. The zero-order valence-corrected chi connectivity index (χ0v) is 12.2. The van der Waals surface area contributed by atoms with Crippen LogP contribution in [0.3, 0.4) is 0 Å². The number of nitrogens with zero attached hydrogens (tertiary/aromatic N) is 1. The summed E-state index contributed by atoms with van der Waals surface area (Å²) in [6.45, 7) is 6.74. The monoisotopic (exact) mass is 264 g/mol. The number of urea groups is 1. The van der Waals surface area contributed by atoms with E-state index in [9.17, 15) is 9.90 Å². The van der Waals surface area contributed by atoms with Gasteiger partial charge in [0.15, 0.2) is 0 Å². The lowest BCUT2D eigenvalue weighted by molar-refractivity contribution is 0.144. The standard InChI is InChI=1S/C15H24N2O2/c1-11-6-5-7-14(8-11)12(2)9-16-15(19)17(4)10-13(3)18/h5-8,12-13,18H,9-10H2,1-4H3,(H,16,19). The number of aliphatic hydroxyl groups excluding tert-OH is 1. The number of hydrogen-bond donors (Lipinski definition) is 2. The van der Waals surface area contributed by atoms with Crippen molar-refractivity contribution in [2.24, 2.45) is 0 Å². The lowest BCUT2D eigenvalue weighted by Gasteiger charge is -2.21. The van der Waals surface area contributed by atoms with Gasteiger partial charge in [-0.2, -0.15) is 0 Å². The quantitative estimate of drug-likeness (QED) is 0.856. The highest BCUT2D eigenvalue weighted by atomic mass is 16.3. The van der Waals surface area contributed by atoms with Crippen LogP contribution < -0.4 is 5.32 Å². The number of carbonyl (C=O) groups excluding carboxylic acids is 1. The molecule has 1 aromatic rings. The van der Waals surface area contributed by atoms with Crippen LogP contribution >= 0.6 is 0 Å². The molecule has 19 heavy (non-hydrogen) atoms. The van der Waals surface area contributed by atoms with Crippen LogP contribution in [-0.2, 0) is 0 Å². The number of benzene rings is 1. The third kappa shape index (κ3) is 5.30. The van der Waals surface area contributed by atoms with Crippen LogP contribution in [0.4, 0.5) is 4.79 Å². The van der Waals surface area contributed by atoms with E-state index in [2.05, 4.69) is 37.4 Å². The number of likely N-dealkylation sites (N-methyl/N-ethyl adjacent to an activating group) is 1. The van der Waals surface area contributed by atoms with E-state index in [0.717, 1.165) is 0 Å². The minimum absolute atomic E-state index is 0.152. The first-order valence-electron chi connectivity index (χ1n) is 6.63. The summed E-state index contributed by atoms with van der Waals surface area (Å²) in [6, 6.07) is 8.15. The molecule has 4 nitrogen and oxygen atoms in total. The second kappa shape index (κ2) is 7.14. The predicted molar refractivity (Wildman–Crippen MR) is 77.3 cm³/mol. The van der Waals surface area contributed by atoms with E-state index < -0.39 is 6.10 Å². The lowest BCUT2D eigenvalue weighted by Crippen LogP contribution is -2.41. The molecule has 0 saturated heterocycles. The van der Waals surface area contributed by atoms with Crippen LogP contribution in [0.5, 0.6) is 0 Å². The first kappa shape index (κ1) is 15.5. The molecule has 0 aliphatic carbocycles. The summed E-state index contributed by atoms with van der Waals surface area (Å²) in [5, 5.41) is 12.1. The van der Waals surface area contributed by atoms with E-state index >= 15 is 0 Å². The number of amides is 2. The maximum atomic E-state index is 11.8. The highest BCUT2D eigenvalue weighted by Gasteiger charge is 2.12. The first-order valence-corrected chi connectivity index (χ1v) is 6.63. The molecule has 0 fully saturated rings. The molecule has 0 spiro atoms. The highest BCUT2D eigenvalue weighted by Crippen LogP contribution is 2.15. The SMILES string of the molecule is Cc1cccc(C(C)CNC(=O)N(C)CC(C)O)c1. The number of nitrogens with one attached hydrogen (secondary N) is 1. The summed E-state index contributed by atoms with van der Waals surface area (Å²) in [5.74, 6) is 0.267. The van der Waals surface area contributed by atoms with Gasteiger partial charge < -0.3 is 15.3 Å². The molecule has 0 heterocycles. The molecule has 0 radical (unpaired) electrons.